The molecule has 10 heteroatoms. The van der Waals surface area contributed by atoms with Gasteiger partial charge in [0.2, 0.25) is 10.0 Å². The topological polar surface area (TPSA) is 119 Å². The minimum atomic E-state index is -3.82. The Balaban J connectivity index is 1.50. The van der Waals surface area contributed by atoms with Crippen molar-refractivity contribution in [3.63, 3.8) is 0 Å². The van der Waals surface area contributed by atoms with Crippen LogP contribution in [-0.4, -0.2) is 26.0 Å². The average Bonchev–Trinajstić information content (AvgIpc) is 3.39. The van der Waals surface area contributed by atoms with Crippen LogP contribution >= 0.6 is 11.3 Å². The third-order valence-corrected chi connectivity index (χ3v) is 6.38. The van der Waals surface area contributed by atoms with Gasteiger partial charge in [0.15, 0.2) is 0 Å². The molecule has 1 amide bonds. The Labute approximate surface area is 188 Å². The number of amides is 1. The molecule has 1 aliphatic rings. The lowest BCUT2D eigenvalue weighted by molar-refractivity contribution is -0.114. The first-order valence-corrected chi connectivity index (χ1v) is 11.8. The van der Waals surface area contributed by atoms with Crippen LogP contribution in [0.1, 0.15) is 22.2 Å². The fourth-order valence-corrected chi connectivity index (χ4v) is 4.10. The van der Waals surface area contributed by atoms with Gasteiger partial charge in [0.05, 0.1) is 21.9 Å². The SMILES string of the molecule is CC1=NN(c2ccc(S(N)(=O)=O)cc2)C(=O)/C1=C\c1ccc(OC(=O)c2cccs2)cc1. The lowest BCUT2D eigenvalue weighted by atomic mass is 10.1. The first kappa shape index (κ1) is 21.6. The zero-order valence-corrected chi connectivity index (χ0v) is 18.4. The van der Waals surface area contributed by atoms with Crippen LogP contribution in [0.2, 0.25) is 0 Å². The third-order valence-electron chi connectivity index (χ3n) is 4.60. The van der Waals surface area contributed by atoms with Gasteiger partial charge < -0.3 is 4.74 Å². The van der Waals surface area contributed by atoms with Crippen molar-refractivity contribution in [1.82, 2.24) is 0 Å². The van der Waals surface area contributed by atoms with Gasteiger partial charge in [-0.3, -0.25) is 4.79 Å². The molecule has 0 unspecified atom stereocenters. The second-order valence-corrected chi connectivity index (χ2v) is 9.34. The van der Waals surface area contributed by atoms with Crippen molar-refractivity contribution >= 4 is 50.7 Å². The Kier molecular flexibility index (Phi) is 5.74. The monoisotopic (exact) mass is 467 g/mol. The quantitative estimate of drug-likeness (QED) is 0.350. The molecule has 1 aliphatic heterocycles. The van der Waals surface area contributed by atoms with Crippen LogP contribution in [0.15, 0.2) is 81.6 Å². The number of esters is 1. The lowest BCUT2D eigenvalue weighted by Gasteiger charge is -2.12. The molecule has 0 aliphatic carbocycles. The van der Waals surface area contributed by atoms with Crippen molar-refractivity contribution in [2.24, 2.45) is 10.2 Å². The van der Waals surface area contributed by atoms with Crippen molar-refractivity contribution in [3.8, 4) is 5.75 Å². The maximum absolute atomic E-state index is 12.9. The Morgan fingerprint density at radius 3 is 2.38 bits per heavy atom. The predicted octanol–water partition coefficient (Wildman–Crippen LogP) is 3.42. The Bertz CT molecular complexity index is 1340. The number of primary sulfonamides is 1. The molecule has 0 fully saturated rings. The number of carbonyl (C=O) groups excluding carboxylic acids is 2. The summed E-state index contributed by atoms with van der Waals surface area (Å²) in [4.78, 5) is 25.4. The number of nitrogens with zero attached hydrogens (tertiary/aromatic N) is 2. The number of rotatable bonds is 5. The Morgan fingerprint density at radius 1 is 1.09 bits per heavy atom. The highest BCUT2D eigenvalue weighted by Crippen LogP contribution is 2.26. The minimum Gasteiger partial charge on any atom is -0.422 e. The molecular weight excluding hydrogens is 450 g/mol. The summed E-state index contributed by atoms with van der Waals surface area (Å²) in [6, 6.07) is 15.8. The molecule has 3 aromatic rings. The molecule has 2 N–H and O–H groups in total. The van der Waals surface area contributed by atoms with Crippen molar-refractivity contribution < 1.29 is 22.7 Å². The van der Waals surface area contributed by atoms with Crippen LogP contribution in [-0.2, 0) is 14.8 Å². The lowest BCUT2D eigenvalue weighted by Crippen LogP contribution is -2.21. The Morgan fingerprint density at radius 2 is 1.78 bits per heavy atom. The summed E-state index contributed by atoms with van der Waals surface area (Å²) in [5.41, 5.74) is 2.05. The fraction of sp³-hybridized carbons (Fsp3) is 0.0455. The fourth-order valence-electron chi connectivity index (χ4n) is 2.99. The molecule has 0 saturated carbocycles. The molecule has 0 atom stereocenters. The van der Waals surface area contributed by atoms with Gasteiger partial charge in [-0.25, -0.2) is 18.4 Å². The van der Waals surface area contributed by atoms with E-state index >= 15 is 0 Å². The second kappa shape index (κ2) is 8.50. The van der Waals surface area contributed by atoms with E-state index in [0.717, 1.165) is 5.56 Å². The summed E-state index contributed by atoms with van der Waals surface area (Å²) in [6.45, 7) is 1.71. The highest BCUT2D eigenvalue weighted by Gasteiger charge is 2.28. The van der Waals surface area contributed by atoms with E-state index < -0.39 is 16.0 Å². The first-order valence-electron chi connectivity index (χ1n) is 9.33. The maximum Gasteiger partial charge on any atom is 0.353 e. The van der Waals surface area contributed by atoms with E-state index in [1.54, 1.807) is 54.8 Å². The third kappa shape index (κ3) is 4.52. The van der Waals surface area contributed by atoms with Gasteiger partial charge >= 0.3 is 5.97 Å². The number of thiophene rings is 1. The number of hydrogen-bond donors (Lipinski definition) is 1. The number of hydrogen-bond acceptors (Lipinski definition) is 7. The number of anilines is 1. The molecule has 32 heavy (non-hydrogen) atoms. The number of hydrazone groups is 1. The number of nitrogens with two attached hydrogens (primary N) is 1. The molecule has 8 nitrogen and oxygen atoms in total. The highest BCUT2D eigenvalue weighted by atomic mass is 32.2. The number of benzene rings is 2. The zero-order chi connectivity index (χ0) is 22.9. The van der Waals surface area contributed by atoms with Gasteiger partial charge in [-0.15, -0.1) is 11.3 Å². The molecule has 2 aromatic carbocycles. The zero-order valence-electron chi connectivity index (χ0n) is 16.8. The van der Waals surface area contributed by atoms with Crippen molar-refractivity contribution in [2.75, 3.05) is 5.01 Å². The van der Waals surface area contributed by atoms with Crippen LogP contribution in [0.5, 0.6) is 5.75 Å². The summed E-state index contributed by atoms with van der Waals surface area (Å²) in [7, 11) is -3.82. The van der Waals surface area contributed by atoms with Crippen LogP contribution in [0.25, 0.3) is 6.08 Å². The standard InChI is InChI=1S/C22H17N3O5S2/c1-14-19(21(26)25(24-14)16-6-10-18(11-7-16)32(23,28)29)13-15-4-8-17(9-5-15)30-22(27)20-3-2-12-31-20/h2-13H,1H3,(H2,23,28,29)/b19-13-. The van der Waals surface area contributed by atoms with Gasteiger partial charge in [-0.1, -0.05) is 18.2 Å². The van der Waals surface area contributed by atoms with Gasteiger partial charge in [0.1, 0.15) is 10.6 Å². The van der Waals surface area contributed by atoms with Crippen molar-refractivity contribution in [1.29, 1.82) is 0 Å². The number of ether oxygens (including phenoxy) is 1. The van der Waals surface area contributed by atoms with Gasteiger partial charge in [-0.2, -0.15) is 10.1 Å². The van der Waals surface area contributed by atoms with Gasteiger partial charge in [0.25, 0.3) is 5.91 Å². The summed E-state index contributed by atoms with van der Waals surface area (Å²) < 4.78 is 28.2. The highest BCUT2D eigenvalue weighted by molar-refractivity contribution is 7.89. The molecule has 0 saturated heterocycles. The average molecular weight is 468 g/mol. The van der Waals surface area contributed by atoms with Crippen LogP contribution in [0.3, 0.4) is 0 Å². The summed E-state index contributed by atoms with van der Waals surface area (Å²) >= 11 is 1.30. The molecule has 4 rings (SSSR count). The minimum absolute atomic E-state index is 0.0516. The molecule has 1 aromatic heterocycles. The molecular formula is C22H17N3O5S2. The Hall–Kier alpha value is -3.60. The van der Waals surface area contributed by atoms with E-state index in [1.807, 2.05) is 0 Å². The number of sulfonamides is 1. The summed E-state index contributed by atoms with van der Waals surface area (Å²) in [5, 5.41) is 12.4. The largest absolute Gasteiger partial charge is 0.422 e. The van der Waals surface area contributed by atoms with Crippen LogP contribution in [0, 0.1) is 0 Å². The van der Waals surface area contributed by atoms with E-state index in [2.05, 4.69) is 5.10 Å². The van der Waals surface area contributed by atoms with E-state index in [1.165, 1.54) is 40.6 Å². The van der Waals surface area contributed by atoms with E-state index in [4.69, 9.17) is 9.88 Å². The normalized spacial score (nSPS) is 15.2. The molecule has 0 spiro atoms. The van der Waals surface area contributed by atoms with Crippen molar-refractivity contribution in [2.45, 2.75) is 11.8 Å². The smallest absolute Gasteiger partial charge is 0.353 e. The van der Waals surface area contributed by atoms with E-state index in [0.29, 0.717) is 27.6 Å². The molecule has 162 valence electrons. The molecule has 0 radical (unpaired) electrons. The molecule has 0 bridgehead atoms. The molecule has 2 heterocycles. The van der Waals surface area contributed by atoms with E-state index in [9.17, 15) is 18.0 Å². The van der Waals surface area contributed by atoms with E-state index in [-0.39, 0.29) is 10.8 Å². The predicted molar refractivity (Wildman–Crippen MR) is 122 cm³/mol. The number of carbonyl (C=O) groups is 2. The van der Waals surface area contributed by atoms with Crippen LogP contribution in [0.4, 0.5) is 5.69 Å². The van der Waals surface area contributed by atoms with Gasteiger partial charge in [-0.05, 0) is 66.4 Å². The van der Waals surface area contributed by atoms with Gasteiger partial charge in [0, 0.05) is 0 Å². The second-order valence-electron chi connectivity index (χ2n) is 6.84. The summed E-state index contributed by atoms with van der Waals surface area (Å²) in [6.07, 6.45) is 1.69. The summed E-state index contributed by atoms with van der Waals surface area (Å²) in [5.74, 6) is -0.381. The first-order chi connectivity index (χ1) is 15.2. The van der Waals surface area contributed by atoms with Crippen molar-refractivity contribution in [3.05, 3.63) is 82.1 Å². The maximum atomic E-state index is 12.9. The van der Waals surface area contributed by atoms with Crippen LogP contribution < -0.4 is 14.9 Å².